The molecule has 0 saturated heterocycles. The zero-order valence-corrected chi connectivity index (χ0v) is 13.7. The van der Waals surface area contributed by atoms with Crippen LogP contribution in [0.15, 0.2) is 18.2 Å². The summed E-state index contributed by atoms with van der Waals surface area (Å²) in [6.45, 7) is 6.03. The Kier molecular flexibility index (Phi) is 7.11. The van der Waals surface area contributed by atoms with Crippen LogP contribution in [-0.4, -0.2) is 23.5 Å². The summed E-state index contributed by atoms with van der Waals surface area (Å²) in [6, 6.07) is 3.94. The number of carbonyl (C=O) groups excluding carboxylic acids is 1. The summed E-state index contributed by atoms with van der Waals surface area (Å²) in [7, 11) is 0. The second-order valence-corrected chi connectivity index (χ2v) is 6.01. The Labute approximate surface area is 134 Å². The van der Waals surface area contributed by atoms with Crippen molar-refractivity contribution in [3.8, 4) is 5.75 Å². The lowest BCUT2D eigenvalue weighted by atomic mass is 10.0. The van der Waals surface area contributed by atoms with E-state index in [1.54, 1.807) is 0 Å². The molecule has 6 nitrogen and oxygen atoms in total. The number of nitro groups is 1. The number of nitro benzene ring substituents is 1. The van der Waals surface area contributed by atoms with Crippen molar-refractivity contribution in [2.24, 2.45) is 5.92 Å². The van der Waals surface area contributed by atoms with E-state index in [0.717, 1.165) is 12.8 Å². The minimum absolute atomic E-state index is 0.0748. The van der Waals surface area contributed by atoms with Gasteiger partial charge in [-0.1, -0.05) is 25.4 Å². The first-order valence-electron chi connectivity index (χ1n) is 7.15. The minimum Gasteiger partial charge on any atom is -0.482 e. The number of hydrogen-bond acceptors (Lipinski definition) is 4. The van der Waals surface area contributed by atoms with Crippen molar-refractivity contribution >= 4 is 23.2 Å². The average Bonchev–Trinajstić information content (AvgIpc) is 2.43. The van der Waals surface area contributed by atoms with E-state index in [9.17, 15) is 14.9 Å². The van der Waals surface area contributed by atoms with E-state index in [2.05, 4.69) is 19.2 Å². The smallest absolute Gasteiger partial charge is 0.271 e. The second-order valence-electron chi connectivity index (χ2n) is 5.60. The number of nitrogens with one attached hydrogen (secondary N) is 1. The highest BCUT2D eigenvalue weighted by molar-refractivity contribution is 6.32. The van der Waals surface area contributed by atoms with Gasteiger partial charge >= 0.3 is 0 Å². The van der Waals surface area contributed by atoms with Gasteiger partial charge in [0.05, 0.1) is 9.95 Å². The van der Waals surface area contributed by atoms with E-state index in [1.165, 1.54) is 18.2 Å². The Morgan fingerprint density at radius 2 is 2.05 bits per heavy atom. The minimum atomic E-state index is -0.543. The van der Waals surface area contributed by atoms with Crippen molar-refractivity contribution < 1.29 is 14.5 Å². The van der Waals surface area contributed by atoms with Crippen LogP contribution in [0.5, 0.6) is 5.75 Å². The van der Waals surface area contributed by atoms with E-state index >= 15 is 0 Å². The topological polar surface area (TPSA) is 81.5 Å². The van der Waals surface area contributed by atoms with Gasteiger partial charge in [0.1, 0.15) is 5.75 Å². The molecule has 0 spiro atoms. The van der Waals surface area contributed by atoms with Crippen LogP contribution in [0.3, 0.4) is 0 Å². The van der Waals surface area contributed by atoms with Crippen molar-refractivity contribution in [2.45, 2.75) is 39.7 Å². The fraction of sp³-hybridized carbons (Fsp3) is 0.533. The first-order valence-corrected chi connectivity index (χ1v) is 7.53. The molecule has 0 fully saturated rings. The van der Waals surface area contributed by atoms with Gasteiger partial charge in [0, 0.05) is 18.2 Å². The highest BCUT2D eigenvalue weighted by Crippen LogP contribution is 2.28. The molecule has 0 radical (unpaired) electrons. The third-order valence-corrected chi connectivity index (χ3v) is 3.36. The molecule has 0 bridgehead atoms. The van der Waals surface area contributed by atoms with Crippen LogP contribution in [-0.2, 0) is 4.79 Å². The number of nitrogens with zero attached hydrogens (tertiary/aromatic N) is 1. The standard InChI is InChI=1S/C15H21ClN2O4/c1-10(2)4-5-11(3)17-15(19)9-22-14-7-6-12(18(20)21)8-13(14)16/h6-8,10-11H,4-5,9H2,1-3H3,(H,17,19)/t11-/m1/s1. The van der Waals surface area contributed by atoms with Gasteiger partial charge in [0.15, 0.2) is 6.61 Å². The van der Waals surface area contributed by atoms with Crippen LogP contribution in [0.2, 0.25) is 5.02 Å². The molecule has 1 amide bonds. The van der Waals surface area contributed by atoms with Gasteiger partial charge in [-0.2, -0.15) is 0 Å². The van der Waals surface area contributed by atoms with E-state index in [-0.39, 0.29) is 35.0 Å². The van der Waals surface area contributed by atoms with Crippen LogP contribution in [0, 0.1) is 16.0 Å². The maximum Gasteiger partial charge on any atom is 0.271 e. The Hall–Kier alpha value is -1.82. The number of hydrogen-bond donors (Lipinski definition) is 1. The summed E-state index contributed by atoms with van der Waals surface area (Å²) in [6.07, 6.45) is 1.94. The molecule has 1 N–H and O–H groups in total. The molecule has 7 heteroatoms. The zero-order valence-electron chi connectivity index (χ0n) is 13.0. The number of halogens is 1. The number of amides is 1. The summed E-state index contributed by atoms with van der Waals surface area (Å²) in [5.74, 6) is 0.595. The number of ether oxygens (including phenoxy) is 1. The van der Waals surface area contributed by atoms with Crippen LogP contribution >= 0.6 is 11.6 Å². The number of non-ortho nitro benzene ring substituents is 1. The Bertz CT molecular complexity index is 534. The molecule has 0 saturated carbocycles. The van der Waals surface area contributed by atoms with Crippen LogP contribution in [0.25, 0.3) is 0 Å². The SMILES string of the molecule is CC(C)CC[C@@H](C)NC(=O)COc1ccc([N+](=O)[O-])cc1Cl. The maximum atomic E-state index is 11.8. The van der Waals surface area contributed by atoms with Gasteiger partial charge in [0.25, 0.3) is 11.6 Å². The highest BCUT2D eigenvalue weighted by atomic mass is 35.5. The van der Waals surface area contributed by atoms with Crippen molar-refractivity contribution in [3.05, 3.63) is 33.3 Å². The van der Waals surface area contributed by atoms with E-state index in [0.29, 0.717) is 5.92 Å². The number of carbonyl (C=O) groups is 1. The fourth-order valence-corrected chi connectivity index (χ4v) is 2.07. The molecule has 1 aromatic carbocycles. The second kappa shape index (κ2) is 8.58. The molecule has 0 aliphatic carbocycles. The number of rotatable bonds is 8. The van der Waals surface area contributed by atoms with Gasteiger partial charge in [-0.05, 0) is 31.7 Å². The van der Waals surface area contributed by atoms with Gasteiger partial charge in [-0.25, -0.2) is 0 Å². The lowest BCUT2D eigenvalue weighted by Crippen LogP contribution is -2.36. The quantitative estimate of drug-likeness (QED) is 0.584. The van der Waals surface area contributed by atoms with Crippen LogP contribution < -0.4 is 10.1 Å². The first kappa shape index (κ1) is 18.2. The van der Waals surface area contributed by atoms with E-state index in [4.69, 9.17) is 16.3 Å². The van der Waals surface area contributed by atoms with Gasteiger partial charge in [-0.15, -0.1) is 0 Å². The van der Waals surface area contributed by atoms with E-state index in [1.807, 2.05) is 6.92 Å². The molecule has 1 aromatic rings. The Morgan fingerprint density at radius 1 is 1.36 bits per heavy atom. The summed E-state index contributed by atoms with van der Waals surface area (Å²) in [5.41, 5.74) is -0.121. The monoisotopic (exact) mass is 328 g/mol. The third-order valence-electron chi connectivity index (χ3n) is 3.07. The lowest BCUT2D eigenvalue weighted by molar-refractivity contribution is -0.384. The maximum absolute atomic E-state index is 11.8. The predicted molar refractivity (Wildman–Crippen MR) is 85.3 cm³/mol. The predicted octanol–water partition coefficient (Wildman–Crippen LogP) is 3.57. The Morgan fingerprint density at radius 3 is 2.59 bits per heavy atom. The van der Waals surface area contributed by atoms with E-state index < -0.39 is 4.92 Å². The van der Waals surface area contributed by atoms with Gasteiger partial charge in [-0.3, -0.25) is 14.9 Å². The van der Waals surface area contributed by atoms with Gasteiger partial charge < -0.3 is 10.1 Å². The van der Waals surface area contributed by atoms with Crippen LogP contribution in [0.1, 0.15) is 33.6 Å². The normalized spacial score (nSPS) is 12.0. The first-order chi connectivity index (χ1) is 10.3. The molecule has 0 heterocycles. The lowest BCUT2D eigenvalue weighted by Gasteiger charge is -2.15. The molecule has 1 atom stereocenters. The summed E-state index contributed by atoms with van der Waals surface area (Å²) >= 11 is 5.89. The molecule has 1 rings (SSSR count). The summed E-state index contributed by atoms with van der Waals surface area (Å²) in [4.78, 5) is 21.8. The zero-order chi connectivity index (χ0) is 16.7. The molecular formula is C15H21ClN2O4. The van der Waals surface area contributed by atoms with Gasteiger partial charge in [0.2, 0.25) is 0 Å². The largest absolute Gasteiger partial charge is 0.482 e. The summed E-state index contributed by atoms with van der Waals surface area (Å²) < 4.78 is 5.29. The number of benzene rings is 1. The Balaban J connectivity index is 2.45. The molecule has 122 valence electrons. The summed E-state index contributed by atoms with van der Waals surface area (Å²) in [5, 5.41) is 13.5. The fourth-order valence-electron chi connectivity index (χ4n) is 1.84. The average molecular weight is 329 g/mol. The van der Waals surface area contributed by atoms with Crippen LogP contribution in [0.4, 0.5) is 5.69 Å². The van der Waals surface area contributed by atoms with Crippen molar-refractivity contribution in [1.29, 1.82) is 0 Å². The molecule has 0 aromatic heterocycles. The third kappa shape index (κ3) is 6.30. The highest BCUT2D eigenvalue weighted by Gasteiger charge is 2.13. The van der Waals surface area contributed by atoms with Crippen molar-refractivity contribution in [1.82, 2.24) is 5.32 Å². The molecule has 22 heavy (non-hydrogen) atoms. The van der Waals surface area contributed by atoms with Crippen molar-refractivity contribution in [2.75, 3.05) is 6.61 Å². The molecule has 0 unspecified atom stereocenters. The molecular weight excluding hydrogens is 308 g/mol. The molecule has 0 aliphatic rings. The van der Waals surface area contributed by atoms with Crippen molar-refractivity contribution in [3.63, 3.8) is 0 Å². The molecule has 0 aliphatic heterocycles.